The maximum absolute atomic E-state index is 13.9. The number of halogens is 1. The fourth-order valence-corrected chi connectivity index (χ4v) is 2.01. The lowest BCUT2D eigenvalue weighted by molar-refractivity contribution is 0.166. The van der Waals surface area contributed by atoms with Gasteiger partial charge < -0.3 is 4.98 Å². The molecule has 1 aliphatic rings. The van der Waals surface area contributed by atoms with Crippen LogP contribution in [0.5, 0.6) is 0 Å². The lowest BCUT2D eigenvalue weighted by Gasteiger charge is -2.17. The first-order chi connectivity index (χ1) is 8.25. The molecule has 0 atom stereocenters. The molecule has 0 unspecified atom stereocenters. The molecule has 0 aliphatic carbocycles. The Hall–Kier alpha value is -1.88. The van der Waals surface area contributed by atoms with E-state index in [0.717, 1.165) is 6.42 Å². The van der Waals surface area contributed by atoms with Crippen LogP contribution in [0.25, 0.3) is 10.9 Å². The van der Waals surface area contributed by atoms with Crippen LogP contribution in [0.3, 0.4) is 0 Å². The molecule has 3 rings (SSSR count). The number of hydroxylamine groups is 1. The summed E-state index contributed by atoms with van der Waals surface area (Å²) < 4.78 is 13.9. The number of pyridine rings is 1. The van der Waals surface area contributed by atoms with E-state index in [9.17, 15) is 9.18 Å². The number of hydrogen-bond donors (Lipinski definition) is 1. The van der Waals surface area contributed by atoms with Gasteiger partial charge in [-0.2, -0.15) is 0 Å². The lowest BCUT2D eigenvalue weighted by atomic mass is 10.2. The van der Waals surface area contributed by atoms with Crippen LogP contribution in [0.4, 0.5) is 10.1 Å². The summed E-state index contributed by atoms with van der Waals surface area (Å²) in [5, 5.41) is 1.88. The predicted octanol–water partition coefficient (Wildman–Crippen LogP) is 1.81. The van der Waals surface area contributed by atoms with E-state index in [-0.39, 0.29) is 5.43 Å². The van der Waals surface area contributed by atoms with E-state index >= 15 is 0 Å². The van der Waals surface area contributed by atoms with Crippen LogP contribution >= 0.6 is 0 Å². The van der Waals surface area contributed by atoms with Crippen molar-refractivity contribution < 1.29 is 9.23 Å². The highest BCUT2D eigenvalue weighted by Crippen LogP contribution is 2.25. The average molecular weight is 234 g/mol. The van der Waals surface area contributed by atoms with Gasteiger partial charge in [0, 0.05) is 24.2 Å². The second-order valence-corrected chi connectivity index (χ2v) is 3.98. The third-order valence-electron chi connectivity index (χ3n) is 2.85. The number of aromatic nitrogens is 1. The van der Waals surface area contributed by atoms with Gasteiger partial charge >= 0.3 is 0 Å². The Bertz CT molecular complexity index is 617. The summed E-state index contributed by atoms with van der Waals surface area (Å²) in [7, 11) is 0. The zero-order valence-electron chi connectivity index (χ0n) is 9.07. The third-order valence-corrected chi connectivity index (χ3v) is 2.85. The van der Waals surface area contributed by atoms with E-state index in [1.54, 1.807) is 12.3 Å². The van der Waals surface area contributed by atoms with E-state index in [4.69, 9.17) is 4.84 Å². The highest BCUT2D eigenvalue weighted by Gasteiger charge is 2.18. The van der Waals surface area contributed by atoms with Gasteiger partial charge in [-0.25, -0.2) is 4.39 Å². The smallest absolute Gasteiger partial charge is 0.189 e. The maximum atomic E-state index is 13.9. The second-order valence-electron chi connectivity index (χ2n) is 3.98. The lowest BCUT2D eigenvalue weighted by Crippen LogP contribution is -2.18. The molecule has 2 aromatic rings. The molecule has 0 spiro atoms. The monoisotopic (exact) mass is 234 g/mol. The molecule has 2 heterocycles. The Balaban J connectivity index is 2.20. The molecule has 5 heteroatoms. The van der Waals surface area contributed by atoms with Gasteiger partial charge in [0.1, 0.15) is 11.5 Å². The highest BCUT2D eigenvalue weighted by atomic mass is 19.1. The van der Waals surface area contributed by atoms with Gasteiger partial charge in [0.25, 0.3) is 0 Å². The van der Waals surface area contributed by atoms with Crippen molar-refractivity contribution in [2.45, 2.75) is 6.42 Å². The molecule has 88 valence electrons. The molecule has 0 amide bonds. The second kappa shape index (κ2) is 3.85. The fourth-order valence-electron chi connectivity index (χ4n) is 2.01. The standard InChI is InChI=1S/C12H11FN2O2/c13-9-6-8-10(14-3-2-12(8)16)7-11(9)15-4-1-5-17-15/h2-3,6-7H,1,4-5H2,(H,14,16). The number of H-pyrrole nitrogens is 1. The Kier molecular flexibility index (Phi) is 2.33. The van der Waals surface area contributed by atoms with E-state index < -0.39 is 5.82 Å². The topological polar surface area (TPSA) is 45.3 Å². The fraction of sp³-hybridized carbons (Fsp3) is 0.250. The number of hydrogen-bond acceptors (Lipinski definition) is 3. The van der Waals surface area contributed by atoms with E-state index in [1.165, 1.54) is 17.2 Å². The maximum Gasteiger partial charge on any atom is 0.189 e. The van der Waals surface area contributed by atoms with E-state index in [2.05, 4.69) is 4.98 Å². The molecule has 17 heavy (non-hydrogen) atoms. The molecule has 0 saturated carbocycles. The average Bonchev–Trinajstić information content (AvgIpc) is 2.83. The van der Waals surface area contributed by atoms with Crippen molar-refractivity contribution >= 4 is 16.6 Å². The summed E-state index contributed by atoms with van der Waals surface area (Å²) in [6.07, 6.45) is 2.43. The van der Waals surface area contributed by atoms with Crippen LogP contribution in [0.1, 0.15) is 6.42 Å². The molecule has 0 bridgehead atoms. The number of nitrogens with zero attached hydrogens (tertiary/aromatic N) is 1. The van der Waals surface area contributed by atoms with Crippen molar-refractivity contribution in [3.63, 3.8) is 0 Å². The van der Waals surface area contributed by atoms with Crippen molar-refractivity contribution in [3.05, 3.63) is 40.4 Å². The Labute approximate surface area is 96.6 Å². The third kappa shape index (κ3) is 1.68. The summed E-state index contributed by atoms with van der Waals surface area (Å²) >= 11 is 0. The Morgan fingerprint density at radius 3 is 3.06 bits per heavy atom. The van der Waals surface area contributed by atoms with Gasteiger partial charge in [0.05, 0.1) is 12.1 Å². The summed E-state index contributed by atoms with van der Waals surface area (Å²) in [5.41, 5.74) is 0.799. The molecule has 4 nitrogen and oxygen atoms in total. The number of anilines is 1. The van der Waals surface area contributed by atoms with Crippen molar-refractivity contribution in [1.82, 2.24) is 4.98 Å². The molecule has 1 saturated heterocycles. The normalized spacial score (nSPS) is 15.7. The van der Waals surface area contributed by atoms with Crippen LogP contribution in [-0.2, 0) is 4.84 Å². The van der Waals surface area contributed by atoms with Gasteiger partial charge in [-0.05, 0) is 18.6 Å². The Morgan fingerprint density at radius 1 is 1.41 bits per heavy atom. The SMILES string of the molecule is O=c1cc[nH]c2cc(N3CCCO3)c(F)cc12. The Morgan fingerprint density at radius 2 is 2.29 bits per heavy atom. The van der Waals surface area contributed by atoms with Crippen LogP contribution in [0.15, 0.2) is 29.2 Å². The number of nitrogens with one attached hydrogen (secondary N) is 1. The van der Waals surface area contributed by atoms with Gasteiger partial charge in [-0.15, -0.1) is 0 Å². The van der Waals surface area contributed by atoms with E-state index in [0.29, 0.717) is 29.7 Å². The van der Waals surface area contributed by atoms with Crippen molar-refractivity contribution in [3.8, 4) is 0 Å². The number of benzene rings is 1. The van der Waals surface area contributed by atoms with Crippen LogP contribution in [0, 0.1) is 5.82 Å². The van der Waals surface area contributed by atoms with Gasteiger partial charge in [0.15, 0.2) is 5.43 Å². The minimum Gasteiger partial charge on any atom is -0.361 e. The molecule has 1 N–H and O–H groups in total. The minimum absolute atomic E-state index is 0.188. The summed E-state index contributed by atoms with van der Waals surface area (Å²) in [4.78, 5) is 19.8. The molecule has 1 aliphatic heterocycles. The number of aromatic amines is 1. The number of fused-ring (bicyclic) bond motifs is 1. The number of rotatable bonds is 1. The molecule has 1 fully saturated rings. The molecule has 0 radical (unpaired) electrons. The molecular formula is C12H11FN2O2. The van der Waals surface area contributed by atoms with Crippen molar-refractivity contribution in [2.75, 3.05) is 18.2 Å². The zero-order chi connectivity index (χ0) is 11.8. The first kappa shape index (κ1) is 10.3. The van der Waals surface area contributed by atoms with Crippen LogP contribution < -0.4 is 10.5 Å². The first-order valence-electron chi connectivity index (χ1n) is 5.47. The van der Waals surface area contributed by atoms with Gasteiger partial charge in [-0.3, -0.25) is 14.7 Å². The molecule has 1 aromatic heterocycles. The molecule has 1 aromatic carbocycles. The minimum atomic E-state index is -0.434. The first-order valence-corrected chi connectivity index (χ1v) is 5.47. The highest BCUT2D eigenvalue weighted by molar-refractivity contribution is 5.82. The van der Waals surface area contributed by atoms with Crippen molar-refractivity contribution in [2.24, 2.45) is 0 Å². The summed E-state index contributed by atoms with van der Waals surface area (Å²) in [6, 6.07) is 4.25. The molecular weight excluding hydrogens is 223 g/mol. The van der Waals surface area contributed by atoms with Crippen molar-refractivity contribution in [1.29, 1.82) is 0 Å². The predicted molar refractivity (Wildman–Crippen MR) is 62.4 cm³/mol. The zero-order valence-corrected chi connectivity index (χ0v) is 9.07. The summed E-state index contributed by atoms with van der Waals surface area (Å²) in [5.74, 6) is -0.434. The quantitative estimate of drug-likeness (QED) is 0.818. The van der Waals surface area contributed by atoms with E-state index in [1.807, 2.05) is 0 Å². The van der Waals surface area contributed by atoms with Crippen LogP contribution in [-0.4, -0.2) is 18.1 Å². The van der Waals surface area contributed by atoms with Crippen LogP contribution in [0.2, 0.25) is 0 Å². The largest absolute Gasteiger partial charge is 0.361 e. The van der Waals surface area contributed by atoms with Gasteiger partial charge in [-0.1, -0.05) is 0 Å². The van der Waals surface area contributed by atoms with Gasteiger partial charge in [0.2, 0.25) is 0 Å². The summed E-state index contributed by atoms with van der Waals surface area (Å²) in [6.45, 7) is 1.27.